The molecule has 0 bridgehead atoms. The zero-order chi connectivity index (χ0) is 18.1. The second-order valence-electron chi connectivity index (χ2n) is 6.85. The summed E-state index contributed by atoms with van der Waals surface area (Å²) < 4.78 is 10.7. The lowest BCUT2D eigenvalue weighted by molar-refractivity contribution is 0.0320. The molecule has 1 fully saturated rings. The molecule has 0 radical (unpaired) electrons. The van der Waals surface area contributed by atoms with Crippen LogP contribution in [0.3, 0.4) is 0 Å². The van der Waals surface area contributed by atoms with Crippen LogP contribution in [0.2, 0.25) is 0 Å². The summed E-state index contributed by atoms with van der Waals surface area (Å²) in [6.45, 7) is 12.5. The first-order chi connectivity index (χ1) is 12.0. The number of hydrogen-bond donors (Lipinski definition) is 3. The number of hydrogen-bond acceptors (Lipinski definition) is 5. The molecule has 7 nitrogen and oxygen atoms in total. The Morgan fingerprint density at radius 1 is 1.40 bits per heavy atom. The van der Waals surface area contributed by atoms with E-state index in [0.717, 1.165) is 45.9 Å². The number of morpholine rings is 1. The van der Waals surface area contributed by atoms with Crippen LogP contribution in [0.1, 0.15) is 26.5 Å². The zero-order valence-electron chi connectivity index (χ0n) is 15.6. The van der Waals surface area contributed by atoms with Crippen molar-refractivity contribution in [3.05, 3.63) is 24.2 Å². The van der Waals surface area contributed by atoms with E-state index in [1.165, 1.54) is 0 Å². The van der Waals surface area contributed by atoms with Gasteiger partial charge in [-0.3, -0.25) is 4.90 Å². The maximum absolute atomic E-state index is 10.5. The van der Waals surface area contributed by atoms with Gasteiger partial charge < -0.3 is 24.9 Å². The van der Waals surface area contributed by atoms with Crippen LogP contribution in [-0.4, -0.2) is 68.4 Å². The van der Waals surface area contributed by atoms with Crippen LogP contribution in [0.25, 0.3) is 0 Å². The molecule has 25 heavy (non-hydrogen) atoms. The number of rotatable bonds is 8. The second kappa shape index (κ2) is 9.79. The van der Waals surface area contributed by atoms with E-state index in [1.807, 2.05) is 6.92 Å². The third kappa shape index (κ3) is 6.68. The normalized spacial score (nSPS) is 20.1. The Balaban J connectivity index is 1.82. The lowest BCUT2D eigenvalue weighted by Gasteiger charge is -2.29. The van der Waals surface area contributed by atoms with Crippen molar-refractivity contribution in [2.45, 2.75) is 26.4 Å². The molecule has 0 aromatic carbocycles. The quantitative estimate of drug-likeness (QED) is 0.478. The van der Waals surface area contributed by atoms with Gasteiger partial charge in [0, 0.05) is 32.7 Å². The van der Waals surface area contributed by atoms with E-state index in [9.17, 15) is 5.11 Å². The largest absolute Gasteiger partial charge is 0.466 e. The van der Waals surface area contributed by atoms with Gasteiger partial charge in [0.1, 0.15) is 11.4 Å². The number of ether oxygens (including phenoxy) is 1. The summed E-state index contributed by atoms with van der Waals surface area (Å²) in [5.74, 6) is 1.73. The molecule has 1 saturated heterocycles. The summed E-state index contributed by atoms with van der Waals surface area (Å²) >= 11 is 0. The third-order valence-corrected chi connectivity index (χ3v) is 4.23. The molecule has 1 aromatic rings. The van der Waals surface area contributed by atoms with E-state index in [1.54, 1.807) is 25.3 Å². The molecule has 3 N–H and O–H groups in total. The lowest BCUT2D eigenvalue weighted by Crippen LogP contribution is -2.44. The lowest BCUT2D eigenvalue weighted by atomic mass is 10.0. The average Bonchev–Trinajstić information content (AvgIpc) is 3.14. The zero-order valence-corrected chi connectivity index (χ0v) is 15.6. The molecule has 0 aliphatic carbocycles. The van der Waals surface area contributed by atoms with Crippen LogP contribution in [0, 0.1) is 5.92 Å². The van der Waals surface area contributed by atoms with Crippen LogP contribution >= 0.6 is 0 Å². The predicted molar refractivity (Wildman–Crippen MR) is 98.7 cm³/mol. The van der Waals surface area contributed by atoms with Crippen molar-refractivity contribution < 1.29 is 14.3 Å². The van der Waals surface area contributed by atoms with Gasteiger partial charge >= 0.3 is 0 Å². The fraction of sp³-hybridized carbons (Fsp3) is 0.722. The van der Waals surface area contributed by atoms with Gasteiger partial charge in [0.2, 0.25) is 0 Å². The standard InChI is InChI=1S/C18H32N4O3/c1-4-19-17(21-14-18(3,23)16-6-5-9-25-16)20-12-15(2)13-22-7-10-24-11-8-22/h5-6,9,15,23H,4,7-8,10-14H2,1-3H3,(H2,19,20,21). The third-order valence-electron chi connectivity index (χ3n) is 4.23. The molecule has 0 spiro atoms. The van der Waals surface area contributed by atoms with Gasteiger partial charge in [-0.05, 0) is 31.9 Å². The van der Waals surface area contributed by atoms with Crippen molar-refractivity contribution in [2.75, 3.05) is 52.5 Å². The molecule has 7 heteroatoms. The second-order valence-corrected chi connectivity index (χ2v) is 6.85. The highest BCUT2D eigenvalue weighted by molar-refractivity contribution is 5.79. The van der Waals surface area contributed by atoms with Crippen LogP contribution in [0.15, 0.2) is 27.8 Å². The topological polar surface area (TPSA) is 82.3 Å². The van der Waals surface area contributed by atoms with Gasteiger partial charge in [-0.25, -0.2) is 4.99 Å². The Kier molecular flexibility index (Phi) is 7.74. The van der Waals surface area contributed by atoms with E-state index < -0.39 is 5.60 Å². The monoisotopic (exact) mass is 352 g/mol. The summed E-state index contributed by atoms with van der Waals surface area (Å²) in [5, 5.41) is 17.1. The summed E-state index contributed by atoms with van der Waals surface area (Å²) in [7, 11) is 0. The molecule has 1 aliphatic heterocycles. The molecule has 0 amide bonds. The molecule has 2 heterocycles. The van der Waals surface area contributed by atoms with Crippen molar-refractivity contribution in [3.8, 4) is 0 Å². The van der Waals surface area contributed by atoms with Gasteiger partial charge in [0.25, 0.3) is 0 Å². The molecule has 1 aliphatic rings. The Morgan fingerprint density at radius 3 is 2.80 bits per heavy atom. The van der Waals surface area contributed by atoms with Gasteiger partial charge in [-0.2, -0.15) is 0 Å². The van der Waals surface area contributed by atoms with E-state index >= 15 is 0 Å². The van der Waals surface area contributed by atoms with Gasteiger partial charge in [0.15, 0.2) is 5.96 Å². The van der Waals surface area contributed by atoms with Crippen molar-refractivity contribution >= 4 is 5.96 Å². The molecular weight excluding hydrogens is 320 g/mol. The van der Waals surface area contributed by atoms with Crippen molar-refractivity contribution in [3.63, 3.8) is 0 Å². The fourth-order valence-corrected chi connectivity index (χ4v) is 2.80. The maximum atomic E-state index is 10.5. The van der Waals surface area contributed by atoms with Crippen LogP contribution in [0.4, 0.5) is 0 Å². The van der Waals surface area contributed by atoms with Gasteiger partial charge in [-0.1, -0.05) is 6.92 Å². The molecule has 2 rings (SSSR count). The van der Waals surface area contributed by atoms with Crippen LogP contribution in [-0.2, 0) is 10.3 Å². The minimum atomic E-state index is -1.12. The van der Waals surface area contributed by atoms with E-state index in [0.29, 0.717) is 17.6 Å². The summed E-state index contributed by atoms with van der Waals surface area (Å²) in [5.41, 5.74) is -1.12. The van der Waals surface area contributed by atoms with Crippen LogP contribution < -0.4 is 10.6 Å². The molecule has 2 unspecified atom stereocenters. The fourth-order valence-electron chi connectivity index (χ4n) is 2.80. The molecule has 2 atom stereocenters. The molecule has 1 aromatic heterocycles. The van der Waals surface area contributed by atoms with E-state index in [4.69, 9.17) is 9.15 Å². The summed E-state index contributed by atoms with van der Waals surface area (Å²) in [6, 6.07) is 3.53. The Morgan fingerprint density at radius 2 is 2.16 bits per heavy atom. The highest BCUT2D eigenvalue weighted by Gasteiger charge is 2.26. The number of furan rings is 1. The minimum Gasteiger partial charge on any atom is -0.466 e. The SMILES string of the molecule is CCNC(=NCC(C)(O)c1ccco1)NCC(C)CN1CCOCC1. The first-order valence-corrected chi connectivity index (χ1v) is 9.10. The van der Waals surface area contributed by atoms with Crippen molar-refractivity contribution in [1.82, 2.24) is 15.5 Å². The summed E-state index contributed by atoms with van der Waals surface area (Å²) in [6.07, 6.45) is 1.56. The summed E-state index contributed by atoms with van der Waals surface area (Å²) in [4.78, 5) is 6.94. The smallest absolute Gasteiger partial charge is 0.191 e. The Bertz CT molecular complexity index is 510. The number of nitrogens with one attached hydrogen (secondary N) is 2. The molecule has 0 saturated carbocycles. The number of nitrogens with zero attached hydrogens (tertiary/aromatic N) is 2. The Labute approximate surface area is 150 Å². The van der Waals surface area contributed by atoms with Crippen molar-refractivity contribution in [2.24, 2.45) is 10.9 Å². The number of guanidine groups is 1. The van der Waals surface area contributed by atoms with Gasteiger partial charge in [-0.15, -0.1) is 0 Å². The first kappa shape index (κ1) is 19.8. The highest BCUT2D eigenvalue weighted by atomic mass is 16.5. The number of aliphatic imine (C=N–C) groups is 1. The maximum Gasteiger partial charge on any atom is 0.191 e. The van der Waals surface area contributed by atoms with Crippen molar-refractivity contribution in [1.29, 1.82) is 0 Å². The van der Waals surface area contributed by atoms with Crippen LogP contribution in [0.5, 0.6) is 0 Å². The number of aliphatic hydroxyl groups is 1. The highest BCUT2D eigenvalue weighted by Crippen LogP contribution is 2.21. The molecular formula is C18H32N4O3. The van der Waals surface area contributed by atoms with E-state index in [2.05, 4.69) is 27.4 Å². The van der Waals surface area contributed by atoms with Gasteiger partial charge in [0.05, 0.1) is 26.0 Å². The molecule has 142 valence electrons. The predicted octanol–water partition coefficient (Wildman–Crippen LogP) is 1.01. The first-order valence-electron chi connectivity index (χ1n) is 9.10. The Hall–Kier alpha value is -1.57. The minimum absolute atomic E-state index is 0.230. The average molecular weight is 352 g/mol. The van der Waals surface area contributed by atoms with E-state index in [-0.39, 0.29) is 6.54 Å².